The number of rotatable bonds is 2. The zero-order valence-corrected chi connectivity index (χ0v) is 9.07. The van der Waals surface area contributed by atoms with Gasteiger partial charge in [0.15, 0.2) is 0 Å². The molecule has 4 nitrogen and oxygen atoms in total. The fourth-order valence-corrected chi connectivity index (χ4v) is 1.11. The summed E-state index contributed by atoms with van der Waals surface area (Å²) in [6.45, 7) is 3.83. The average Bonchev–Trinajstić information content (AvgIpc) is 2.25. The van der Waals surface area contributed by atoms with Gasteiger partial charge in [0, 0.05) is 0 Å². The van der Waals surface area contributed by atoms with Gasteiger partial charge in [0.25, 0.3) is 0 Å². The van der Waals surface area contributed by atoms with Crippen molar-refractivity contribution in [3.8, 4) is 0 Å². The van der Waals surface area contributed by atoms with Crippen LogP contribution in [0.1, 0.15) is 18.1 Å². The second-order valence-corrected chi connectivity index (χ2v) is 3.17. The van der Waals surface area contributed by atoms with E-state index >= 15 is 0 Å². The Morgan fingerprint density at radius 1 is 1.47 bits per heavy atom. The molecule has 4 heteroatoms. The van der Waals surface area contributed by atoms with Crippen LogP contribution in [-0.2, 0) is 4.74 Å². The zero-order chi connectivity index (χ0) is 11.3. The third kappa shape index (κ3) is 3.42. The molecule has 0 unspecified atom stereocenters. The summed E-state index contributed by atoms with van der Waals surface area (Å²) in [5, 5.41) is 3.90. The van der Waals surface area contributed by atoms with Crippen molar-refractivity contribution in [2.45, 2.75) is 13.8 Å². The fraction of sp³-hybridized carbons (Fsp3) is 0.273. The first kappa shape index (κ1) is 11.2. The van der Waals surface area contributed by atoms with Gasteiger partial charge in [0.1, 0.15) is 0 Å². The maximum Gasteiger partial charge on any atom is 0.427 e. The van der Waals surface area contributed by atoms with Crippen LogP contribution in [0.25, 0.3) is 0 Å². The van der Waals surface area contributed by atoms with Crippen LogP contribution in [0.5, 0.6) is 0 Å². The Labute approximate surface area is 88.9 Å². The summed E-state index contributed by atoms with van der Waals surface area (Å²) < 4.78 is 4.40. The molecule has 0 fully saturated rings. The molecule has 0 radical (unpaired) electrons. The highest BCUT2D eigenvalue weighted by Gasteiger charge is 1.99. The topological polar surface area (TPSA) is 50.7 Å². The summed E-state index contributed by atoms with van der Waals surface area (Å²) in [5.74, 6) is 0. The summed E-state index contributed by atoms with van der Waals surface area (Å²) in [6, 6.07) is 7.88. The zero-order valence-electron chi connectivity index (χ0n) is 9.07. The Hall–Kier alpha value is -1.84. The normalized spacial score (nSPS) is 11.0. The number of hydrazone groups is 1. The lowest BCUT2D eigenvalue weighted by atomic mass is 10.1. The summed E-state index contributed by atoms with van der Waals surface area (Å²) >= 11 is 0. The number of methoxy groups -OCH3 is 1. The Balaban J connectivity index is 2.75. The highest BCUT2D eigenvalue weighted by Crippen LogP contribution is 2.04. The van der Waals surface area contributed by atoms with Gasteiger partial charge in [-0.1, -0.05) is 29.8 Å². The number of hydrogen-bond donors (Lipinski definition) is 1. The molecular formula is C11H14N2O2. The van der Waals surface area contributed by atoms with E-state index in [-0.39, 0.29) is 0 Å². The number of benzene rings is 1. The van der Waals surface area contributed by atoms with Gasteiger partial charge in [0.2, 0.25) is 0 Å². The van der Waals surface area contributed by atoms with E-state index in [2.05, 4.69) is 15.3 Å². The third-order valence-corrected chi connectivity index (χ3v) is 1.94. The van der Waals surface area contributed by atoms with Gasteiger partial charge in [-0.05, 0) is 19.4 Å². The number of aryl methyl sites for hydroxylation is 1. The quantitative estimate of drug-likeness (QED) is 0.595. The molecule has 0 aliphatic heterocycles. The van der Waals surface area contributed by atoms with Crippen molar-refractivity contribution in [2.24, 2.45) is 5.10 Å². The van der Waals surface area contributed by atoms with E-state index in [9.17, 15) is 4.79 Å². The molecule has 1 aromatic rings. The van der Waals surface area contributed by atoms with Gasteiger partial charge in [-0.25, -0.2) is 10.2 Å². The molecule has 0 aliphatic carbocycles. The van der Waals surface area contributed by atoms with Crippen LogP contribution in [0.15, 0.2) is 29.4 Å². The van der Waals surface area contributed by atoms with Gasteiger partial charge in [0.05, 0.1) is 12.8 Å². The molecule has 0 heterocycles. The molecular weight excluding hydrogens is 192 g/mol. The molecule has 15 heavy (non-hydrogen) atoms. The van der Waals surface area contributed by atoms with Crippen LogP contribution >= 0.6 is 0 Å². The van der Waals surface area contributed by atoms with E-state index in [4.69, 9.17) is 0 Å². The number of ether oxygens (including phenoxy) is 1. The van der Waals surface area contributed by atoms with Gasteiger partial charge in [-0.3, -0.25) is 0 Å². The van der Waals surface area contributed by atoms with Crippen molar-refractivity contribution < 1.29 is 9.53 Å². The Morgan fingerprint density at radius 3 is 2.80 bits per heavy atom. The van der Waals surface area contributed by atoms with E-state index in [1.165, 1.54) is 7.11 Å². The Morgan fingerprint density at radius 2 is 2.20 bits per heavy atom. The average molecular weight is 206 g/mol. The van der Waals surface area contributed by atoms with Gasteiger partial charge in [-0.15, -0.1) is 0 Å². The summed E-state index contributed by atoms with van der Waals surface area (Å²) in [4.78, 5) is 10.8. The van der Waals surface area contributed by atoms with Crippen molar-refractivity contribution in [3.05, 3.63) is 35.4 Å². The number of nitrogens with zero attached hydrogens (tertiary/aromatic N) is 1. The van der Waals surface area contributed by atoms with Crippen LogP contribution in [0.2, 0.25) is 0 Å². The molecule has 1 amide bonds. The third-order valence-electron chi connectivity index (χ3n) is 1.94. The minimum atomic E-state index is -0.568. The van der Waals surface area contributed by atoms with Gasteiger partial charge in [-0.2, -0.15) is 5.10 Å². The lowest BCUT2D eigenvalue weighted by Gasteiger charge is -2.02. The van der Waals surface area contributed by atoms with Crippen LogP contribution in [0, 0.1) is 6.92 Å². The lowest BCUT2D eigenvalue weighted by molar-refractivity contribution is 0.171. The second-order valence-electron chi connectivity index (χ2n) is 3.17. The second kappa shape index (κ2) is 5.14. The first-order chi connectivity index (χ1) is 7.13. The van der Waals surface area contributed by atoms with Crippen molar-refractivity contribution >= 4 is 11.8 Å². The van der Waals surface area contributed by atoms with Crippen LogP contribution in [-0.4, -0.2) is 18.9 Å². The lowest BCUT2D eigenvalue weighted by Crippen LogP contribution is -2.18. The Kier molecular flexibility index (Phi) is 3.85. The van der Waals surface area contributed by atoms with E-state index in [1.54, 1.807) is 0 Å². The van der Waals surface area contributed by atoms with E-state index in [0.29, 0.717) is 0 Å². The maximum atomic E-state index is 10.8. The molecule has 1 aromatic carbocycles. The first-order valence-electron chi connectivity index (χ1n) is 4.59. The van der Waals surface area contributed by atoms with Gasteiger partial charge < -0.3 is 4.74 Å². The minimum absolute atomic E-state index is 0.568. The van der Waals surface area contributed by atoms with Gasteiger partial charge >= 0.3 is 6.09 Å². The number of nitrogens with one attached hydrogen (secondary N) is 1. The number of carbonyl (C=O) groups excluding carboxylic acids is 1. The summed E-state index contributed by atoms with van der Waals surface area (Å²) in [5.41, 5.74) is 5.15. The highest BCUT2D eigenvalue weighted by atomic mass is 16.5. The maximum absolute atomic E-state index is 10.8. The predicted octanol–water partition coefficient (Wildman–Crippen LogP) is 2.08. The van der Waals surface area contributed by atoms with Crippen molar-refractivity contribution in [1.29, 1.82) is 0 Å². The molecule has 0 atom stereocenters. The van der Waals surface area contributed by atoms with Crippen LogP contribution in [0.4, 0.5) is 4.79 Å². The number of carbonyl (C=O) groups is 1. The molecule has 1 N–H and O–H groups in total. The van der Waals surface area contributed by atoms with Crippen molar-refractivity contribution in [3.63, 3.8) is 0 Å². The standard InChI is InChI=1S/C11H14N2O2/c1-8-5-4-6-10(7-8)9(2)12-13-11(14)15-3/h4-7H,1-3H3,(H,13,14). The summed E-state index contributed by atoms with van der Waals surface area (Å²) in [6.07, 6.45) is -0.568. The van der Waals surface area contributed by atoms with E-state index in [0.717, 1.165) is 16.8 Å². The molecule has 0 spiro atoms. The van der Waals surface area contributed by atoms with Crippen molar-refractivity contribution in [1.82, 2.24) is 5.43 Å². The summed E-state index contributed by atoms with van der Waals surface area (Å²) in [7, 11) is 1.30. The SMILES string of the molecule is COC(=O)NN=C(C)c1cccc(C)c1. The van der Waals surface area contributed by atoms with E-state index < -0.39 is 6.09 Å². The molecule has 0 bridgehead atoms. The van der Waals surface area contributed by atoms with Crippen molar-refractivity contribution in [2.75, 3.05) is 7.11 Å². The highest BCUT2D eigenvalue weighted by molar-refractivity contribution is 5.99. The smallest absolute Gasteiger partial charge is 0.427 e. The monoisotopic (exact) mass is 206 g/mol. The number of hydrogen-bond acceptors (Lipinski definition) is 3. The molecule has 0 saturated carbocycles. The molecule has 0 saturated heterocycles. The van der Waals surface area contributed by atoms with Crippen LogP contribution in [0.3, 0.4) is 0 Å². The van der Waals surface area contributed by atoms with E-state index in [1.807, 2.05) is 38.1 Å². The molecule has 0 aromatic heterocycles. The molecule has 80 valence electrons. The first-order valence-corrected chi connectivity index (χ1v) is 4.59. The molecule has 1 rings (SSSR count). The van der Waals surface area contributed by atoms with Crippen LogP contribution < -0.4 is 5.43 Å². The molecule has 0 aliphatic rings. The Bertz CT molecular complexity index is 386. The number of amides is 1. The minimum Gasteiger partial charge on any atom is -0.452 e. The largest absolute Gasteiger partial charge is 0.452 e. The fourth-order valence-electron chi connectivity index (χ4n) is 1.11. The predicted molar refractivity (Wildman–Crippen MR) is 58.9 cm³/mol.